The summed E-state index contributed by atoms with van der Waals surface area (Å²) in [5.41, 5.74) is 0.403. The minimum atomic E-state index is 0.403. The van der Waals surface area contributed by atoms with Gasteiger partial charge in [-0.15, -0.1) is 11.6 Å². The lowest BCUT2D eigenvalue weighted by Gasteiger charge is -2.26. The average Bonchev–Trinajstić information content (AvgIpc) is 1.84. The molecular weight excluding hydrogens is 170 g/mol. The van der Waals surface area contributed by atoms with Crippen molar-refractivity contribution in [2.45, 2.75) is 34.1 Å². The summed E-state index contributed by atoms with van der Waals surface area (Å²) in [4.78, 5) is 0. The second kappa shape index (κ2) is 5.82. The summed E-state index contributed by atoms with van der Waals surface area (Å²) in [6.07, 6.45) is 1.27. The Kier molecular flexibility index (Phi) is 5.94. The van der Waals surface area contributed by atoms with Gasteiger partial charge in [-0.25, -0.2) is 0 Å². The van der Waals surface area contributed by atoms with Gasteiger partial charge >= 0.3 is 0 Å². The van der Waals surface area contributed by atoms with Crippen molar-refractivity contribution in [3.63, 3.8) is 0 Å². The predicted molar refractivity (Wildman–Crippen MR) is 56.8 cm³/mol. The van der Waals surface area contributed by atoms with E-state index in [1.807, 2.05) is 0 Å². The van der Waals surface area contributed by atoms with Crippen molar-refractivity contribution in [2.75, 3.05) is 19.0 Å². The van der Waals surface area contributed by atoms with E-state index in [1.165, 1.54) is 6.42 Å². The molecule has 1 N–H and O–H groups in total. The monoisotopic (exact) mass is 191 g/mol. The zero-order valence-corrected chi connectivity index (χ0v) is 9.54. The van der Waals surface area contributed by atoms with Gasteiger partial charge in [0.2, 0.25) is 0 Å². The van der Waals surface area contributed by atoms with Gasteiger partial charge in [0, 0.05) is 19.0 Å². The van der Waals surface area contributed by atoms with E-state index in [0.29, 0.717) is 11.3 Å². The van der Waals surface area contributed by atoms with Crippen molar-refractivity contribution in [3.05, 3.63) is 0 Å². The van der Waals surface area contributed by atoms with E-state index in [0.717, 1.165) is 19.0 Å². The van der Waals surface area contributed by atoms with Crippen molar-refractivity contribution in [3.8, 4) is 0 Å². The molecule has 0 radical (unpaired) electrons. The van der Waals surface area contributed by atoms with E-state index < -0.39 is 0 Å². The molecule has 0 aromatic carbocycles. The normalized spacial score (nSPS) is 12.5. The smallest absolute Gasteiger partial charge is 0.0348 e. The quantitative estimate of drug-likeness (QED) is 0.503. The topological polar surface area (TPSA) is 12.0 Å². The zero-order valence-electron chi connectivity index (χ0n) is 8.78. The van der Waals surface area contributed by atoms with Gasteiger partial charge in [-0.05, 0) is 17.8 Å². The summed E-state index contributed by atoms with van der Waals surface area (Å²) >= 11 is 5.57. The van der Waals surface area contributed by atoms with Gasteiger partial charge in [-0.2, -0.15) is 0 Å². The summed E-state index contributed by atoms with van der Waals surface area (Å²) in [5, 5.41) is 3.35. The highest BCUT2D eigenvalue weighted by molar-refractivity contribution is 6.18. The SMILES string of the molecule is CC(C)CC(C)(C)CNCCCl. The summed E-state index contributed by atoms with van der Waals surface area (Å²) < 4.78 is 0. The summed E-state index contributed by atoms with van der Waals surface area (Å²) in [6.45, 7) is 11.1. The molecule has 74 valence electrons. The maximum Gasteiger partial charge on any atom is 0.0348 e. The Labute approximate surface area is 81.9 Å². The number of rotatable bonds is 6. The van der Waals surface area contributed by atoms with Crippen molar-refractivity contribution < 1.29 is 0 Å². The molecule has 0 unspecified atom stereocenters. The van der Waals surface area contributed by atoms with Crippen molar-refractivity contribution in [1.29, 1.82) is 0 Å². The maximum atomic E-state index is 5.57. The van der Waals surface area contributed by atoms with E-state index in [9.17, 15) is 0 Å². The number of nitrogens with one attached hydrogen (secondary N) is 1. The van der Waals surface area contributed by atoms with Crippen LogP contribution in [0.1, 0.15) is 34.1 Å². The van der Waals surface area contributed by atoms with E-state index in [2.05, 4.69) is 33.0 Å². The number of hydrogen-bond acceptors (Lipinski definition) is 1. The van der Waals surface area contributed by atoms with Crippen LogP contribution in [0.2, 0.25) is 0 Å². The number of halogens is 1. The van der Waals surface area contributed by atoms with Crippen LogP contribution < -0.4 is 5.32 Å². The molecule has 0 heterocycles. The van der Waals surface area contributed by atoms with Crippen LogP contribution in [0.15, 0.2) is 0 Å². The molecule has 12 heavy (non-hydrogen) atoms. The molecule has 0 bridgehead atoms. The first-order chi connectivity index (χ1) is 5.48. The molecule has 0 spiro atoms. The maximum absolute atomic E-state index is 5.57. The third-order valence-electron chi connectivity index (χ3n) is 1.84. The Bertz CT molecular complexity index is 110. The molecular formula is C10H22ClN. The minimum absolute atomic E-state index is 0.403. The second-order valence-electron chi connectivity index (χ2n) is 4.63. The molecule has 0 atom stereocenters. The van der Waals surface area contributed by atoms with Crippen LogP contribution in [0.5, 0.6) is 0 Å². The first-order valence-corrected chi connectivity index (χ1v) is 5.28. The Hall–Kier alpha value is 0.250. The molecule has 0 saturated carbocycles. The van der Waals surface area contributed by atoms with Gasteiger partial charge in [0.05, 0.1) is 0 Å². The fourth-order valence-electron chi connectivity index (χ4n) is 1.67. The Morgan fingerprint density at radius 2 is 1.92 bits per heavy atom. The molecule has 0 aliphatic rings. The highest BCUT2D eigenvalue weighted by Gasteiger charge is 2.18. The third kappa shape index (κ3) is 6.93. The molecule has 0 amide bonds. The standard InChI is InChI=1S/C10H22ClN/c1-9(2)7-10(3,4)8-12-6-5-11/h9,12H,5-8H2,1-4H3. The van der Waals surface area contributed by atoms with Crippen LogP contribution in [-0.2, 0) is 0 Å². The third-order valence-corrected chi connectivity index (χ3v) is 2.02. The van der Waals surface area contributed by atoms with Crippen LogP contribution in [0.4, 0.5) is 0 Å². The molecule has 0 fully saturated rings. The van der Waals surface area contributed by atoms with E-state index in [1.54, 1.807) is 0 Å². The first kappa shape index (κ1) is 12.2. The van der Waals surface area contributed by atoms with Crippen molar-refractivity contribution in [1.82, 2.24) is 5.32 Å². The molecule has 1 nitrogen and oxygen atoms in total. The van der Waals surface area contributed by atoms with E-state index in [4.69, 9.17) is 11.6 Å². The van der Waals surface area contributed by atoms with Crippen LogP contribution in [0.25, 0.3) is 0 Å². The summed E-state index contributed by atoms with van der Waals surface area (Å²) in [7, 11) is 0. The van der Waals surface area contributed by atoms with Gasteiger partial charge in [0.15, 0.2) is 0 Å². The zero-order chi connectivity index (χ0) is 9.61. The summed E-state index contributed by atoms with van der Waals surface area (Å²) in [6, 6.07) is 0. The predicted octanol–water partition coefficient (Wildman–Crippen LogP) is 2.89. The Balaban J connectivity index is 3.56. The lowest BCUT2D eigenvalue weighted by Crippen LogP contribution is -2.31. The van der Waals surface area contributed by atoms with E-state index in [-0.39, 0.29) is 0 Å². The van der Waals surface area contributed by atoms with Gasteiger partial charge in [0.25, 0.3) is 0 Å². The molecule has 0 saturated heterocycles. The highest BCUT2D eigenvalue weighted by Crippen LogP contribution is 2.23. The average molecular weight is 192 g/mol. The van der Waals surface area contributed by atoms with Crippen LogP contribution in [-0.4, -0.2) is 19.0 Å². The highest BCUT2D eigenvalue weighted by atomic mass is 35.5. The fourth-order valence-corrected chi connectivity index (χ4v) is 1.80. The lowest BCUT2D eigenvalue weighted by molar-refractivity contribution is 0.276. The van der Waals surface area contributed by atoms with Crippen LogP contribution in [0.3, 0.4) is 0 Å². The van der Waals surface area contributed by atoms with Crippen molar-refractivity contribution in [2.24, 2.45) is 11.3 Å². The van der Waals surface area contributed by atoms with Gasteiger partial charge in [-0.3, -0.25) is 0 Å². The van der Waals surface area contributed by atoms with Crippen molar-refractivity contribution >= 4 is 11.6 Å². The first-order valence-electron chi connectivity index (χ1n) is 4.74. The molecule has 0 aromatic rings. The van der Waals surface area contributed by atoms with E-state index >= 15 is 0 Å². The Morgan fingerprint density at radius 3 is 2.33 bits per heavy atom. The molecule has 0 aliphatic carbocycles. The molecule has 2 heteroatoms. The number of hydrogen-bond donors (Lipinski definition) is 1. The van der Waals surface area contributed by atoms with Crippen LogP contribution in [0, 0.1) is 11.3 Å². The minimum Gasteiger partial charge on any atom is -0.315 e. The second-order valence-corrected chi connectivity index (χ2v) is 5.01. The fraction of sp³-hybridized carbons (Fsp3) is 1.00. The Morgan fingerprint density at radius 1 is 1.33 bits per heavy atom. The largest absolute Gasteiger partial charge is 0.315 e. The van der Waals surface area contributed by atoms with Crippen LogP contribution >= 0.6 is 11.6 Å². The lowest BCUT2D eigenvalue weighted by atomic mass is 9.84. The molecule has 0 aromatic heterocycles. The molecule has 0 rings (SSSR count). The van der Waals surface area contributed by atoms with Gasteiger partial charge < -0.3 is 5.32 Å². The number of alkyl halides is 1. The summed E-state index contributed by atoms with van der Waals surface area (Å²) in [5.74, 6) is 1.48. The van der Waals surface area contributed by atoms with Gasteiger partial charge in [0.1, 0.15) is 0 Å². The molecule has 0 aliphatic heterocycles. The van der Waals surface area contributed by atoms with Gasteiger partial charge in [-0.1, -0.05) is 27.7 Å².